The van der Waals surface area contributed by atoms with Gasteiger partial charge >= 0.3 is 0 Å². The van der Waals surface area contributed by atoms with E-state index in [0.29, 0.717) is 6.54 Å². The van der Waals surface area contributed by atoms with Crippen molar-refractivity contribution in [1.29, 1.82) is 0 Å². The fraction of sp³-hybridized carbons (Fsp3) is 0.440. The highest BCUT2D eigenvalue weighted by Crippen LogP contribution is 2.11. The van der Waals surface area contributed by atoms with Crippen molar-refractivity contribution in [2.75, 3.05) is 46.3 Å². The third-order valence-electron chi connectivity index (χ3n) is 5.77. The summed E-state index contributed by atoms with van der Waals surface area (Å²) in [6.45, 7) is 9.27. The van der Waals surface area contributed by atoms with E-state index in [4.69, 9.17) is 0 Å². The van der Waals surface area contributed by atoms with Gasteiger partial charge in [-0.15, -0.1) is 0 Å². The molecule has 0 radical (unpaired) electrons. The molecule has 6 nitrogen and oxygen atoms in total. The van der Waals surface area contributed by atoms with Crippen LogP contribution in [-0.2, 0) is 22.7 Å². The second-order valence-corrected chi connectivity index (χ2v) is 8.52. The molecule has 0 bridgehead atoms. The lowest BCUT2D eigenvalue weighted by molar-refractivity contribution is -0.134. The zero-order chi connectivity index (χ0) is 22.2. The Morgan fingerprint density at radius 1 is 0.968 bits per heavy atom. The van der Waals surface area contributed by atoms with Crippen LogP contribution in [0.3, 0.4) is 0 Å². The molecule has 3 rings (SSSR count). The van der Waals surface area contributed by atoms with Gasteiger partial charge in [0.25, 0.3) is 0 Å². The van der Waals surface area contributed by atoms with Crippen LogP contribution in [-0.4, -0.2) is 72.8 Å². The molecule has 2 aromatic carbocycles. The lowest BCUT2D eigenvalue weighted by Crippen LogP contribution is -2.51. The fourth-order valence-corrected chi connectivity index (χ4v) is 3.91. The van der Waals surface area contributed by atoms with Gasteiger partial charge < -0.3 is 10.2 Å². The highest BCUT2D eigenvalue weighted by atomic mass is 16.2. The number of carbonyl (C=O) groups is 2. The lowest BCUT2D eigenvalue weighted by atomic mass is 10.1. The van der Waals surface area contributed by atoms with Crippen LogP contribution in [0.4, 0.5) is 0 Å². The average Bonchev–Trinajstić information content (AvgIpc) is 2.73. The zero-order valence-electron chi connectivity index (χ0n) is 18.9. The molecule has 166 valence electrons. The van der Waals surface area contributed by atoms with Crippen molar-refractivity contribution < 1.29 is 9.59 Å². The summed E-state index contributed by atoms with van der Waals surface area (Å²) in [6.07, 6.45) is 0. The van der Waals surface area contributed by atoms with E-state index in [-0.39, 0.29) is 24.9 Å². The molecular formula is C25H34N4O2. The van der Waals surface area contributed by atoms with Crippen LogP contribution < -0.4 is 5.32 Å². The Bertz CT molecular complexity index is 891. The highest BCUT2D eigenvalue weighted by molar-refractivity contribution is 5.81. The molecule has 2 aromatic rings. The quantitative estimate of drug-likeness (QED) is 0.709. The number of nitrogens with zero attached hydrogens (tertiary/aromatic N) is 3. The number of nitrogens with one attached hydrogen (secondary N) is 1. The Morgan fingerprint density at radius 2 is 1.71 bits per heavy atom. The molecule has 0 aromatic heterocycles. The van der Waals surface area contributed by atoms with E-state index < -0.39 is 0 Å². The summed E-state index contributed by atoms with van der Waals surface area (Å²) < 4.78 is 0. The summed E-state index contributed by atoms with van der Waals surface area (Å²) in [5, 5.41) is 2.94. The first-order chi connectivity index (χ1) is 14.9. The van der Waals surface area contributed by atoms with Crippen molar-refractivity contribution in [3.63, 3.8) is 0 Å². The number of piperazine rings is 1. The molecular weight excluding hydrogens is 388 g/mol. The standard InChI is InChI=1S/C25H34N4O2/c1-20-7-6-9-22(15-20)17-28-11-13-29(14-12-28)25(31)19-27(3)18-24(30)26-16-23-10-5-4-8-21(23)2/h4-10,15H,11-14,16-19H2,1-3H3,(H,26,30). The van der Waals surface area contributed by atoms with Gasteiger partial charge in [0.1, 0.15) is 0 Å². The summed E-state index contributed by atoms with van der Waals surface area (Å²) >= 11 is 0. The Kier molecular flexibility index (Phi) is 8.20. The number of rotatable bonds is 8. The average molecular weight is 423 g/mol. The van der Waals surface area contributed by atoms with Crippen LogP contribution in [0.2, 0.25) is 0 Å². The first kappa shape index (κ1) is 23.0. The van der Waals surface area contributed by atoms with E-state index in [1.165, 1.54) is 11.1 Å². The topological polar surface area (TPSA) is 55.9 Å². The molecule has 1 saturated heterocycles. The number of amides is 2. The van der Waals surface area contributed by atoms with Gasteiger partial charge in [0.2, 0.25) is 11.8 Å². The lowest BCUT2D eigenvalue weighted by Gasteiger charge is -2.35. The summed E-state index contributed by atoms with van der Waals surface area (Å²) in [4.78, 5) is 31.0. The van der Waals surface area contributed by atoms with E-state index in [0.717, 1.165) is 43.9 Å². The second kappa shape index (κ2) is 11.1. The normalized spacial score (nSPS) is 14.6. The molecule has 1 aliphatic rings. The van der Waals surface area contributed by atoms with Gasteiger partial charge in [-0.2, -0.15) is 0 Å². The summed E-state index contributed by atoms with van der Waals surface area (Å²) in [7, 11) is 1.82. The van der Waals surface area contributed by atoms with E-state index in [1.54, 1.807) is 4.90 Å². The highest BCUT2D eigenvalue weighted by Gasteiger charge is 2.22. The third kappa shape index (κ3) is 7.19. The molecule has 1 fully saturated rings. The fourth-order valence-electron chi connectivity index (χ4n) is 3.91. The minimum absolute atomic E-state index is 0.0680. The molecule has 1 aliphatic heterocycles. The molecule has 0 atom stereocenters. The van der Waals surface area contributed by atoms with Gasteiger partial charge in [-0.25, -0.2) is 0 Å². The number of hydrogen-bond acceptors (Lipinski definition) is 4. The Hall–Kier alpha value is -2.70. The molecule has 0 spiro atoms. The minimum atomic E-state index is -0.0680. The van der Waals surface area contributed by atoms with Gasteiger partial charge in [0.15, 0.2) is 0 Å². The van der Waals surface area contributed by atoms with Crippen LogP contribution in [0.15, 0.2) is 48.5 Å². The van der Waals surface area contributed by atoms with Crippen molar-refractivity contribution in [2.24, 2.45) is 0 Å². The molecule has 31 heavy (non-hydrogen) atoms. The molecule has 0 aliphatic carbocycles. The summed E-state index contributed by atoms with van der Waals surface area (Å²) in [6, 6.07) is 16.6. The van der Waals surface area contributed by atoms with Crippen LogP contribution >= 0.6 is 0 Å². The largest absolute Gasteiger partial charge is 0.351 e. The second-order valence-electron chi connectivity index (χ2n) is 8.52. The molecule has 0 unspecified atom stereocenters. The summed E-state index contributed by atoms with van der Waals surface area (Å²) in [5.41, 5.74) is 4.86. The first-order valence-electron chi connectivity index (χ1n) is 11.0. The van der Waals surface area contributed by atoms with Crippen molar-refractivity contribution in [3.8, 4) is 0 Å². The molecule has 2 amide bonds. The summed E-state index contributed by atoms with van der Waals surface area (Å²) in [5.74, 6) is 0.0194. The molecule has 6 heteroatoms. The maximum absolute atomic E-state index is 12.7. The zero-order valence-corrected chi connectivity index (χ0v) is 18.9. The monoisotopic (exact) mass is 422 g/mol. The predicted octanol–water partition coefficient (Wildman–Crippen LogP) is 2.20. The van der Waals surface area contributed by atoms with Crippen LogP contribution in [0, 0.1) is 13.8 Å². The van der Waals surface area contributed by atoms with Gasteiger partial charge in [-0.1, -0.05) is 54.1 Å². The van der Waals surface area contributed by atoms with E-state index >= 15 is 0 Å². The number of hydrogen-bond donors (Lipinski definition) is 1. The maximum atomic E-state index is 12.7. The van der Waals surface area contributed by atoms with Gasteiger partial charge in [0, 0.05) is 39.3 Å². The number of benzene rings is 2. The van der Waals surface area contributed by atoms with Gasteiger partial charge in [0.05, 0.1) is 13.1 Å². The van der Waals surface area contributed by atoms with Crippen LogP contribution in [0.1, 0.15) is 22.3 Å². The third-order valence-corrected chi connectivity index (χ3v) is 5.77. The minimum Gasteiger partial charge on any atom is -0.351 e. The number of carbonyl (C=O) groups excluding carboxylic acids is 2. The first-order valence-corrected chi connectivity index (χ1v) is 11.0. The molecule has 1 N–H and O–H groups in total. The van der Waals surface area contributed by atoms with Gasteiger partial charge in [-0.05, 0) is 37.6 Å². The predicted molar refractivity (Wildman–Crippen MR) is 124 cm³/mol. The number of likely N-dealkylation sites (N-methyl/N-ethyl adjacent to an activating group) is 1. The van der Waals surface area contributed by atoms with Crippen molar-refractivity contribution in [1.82, 2.24) is 20.0 Å². The Labute approximate surface area is 185 Å². The van der Waals surface area contributed by atoms with Gasteiger partial charge in [-0.3, -0.25) is 19.4 Å². The van der Waals surface area contributed by atoms with E-state index in [2.05, 4.69) is 41.4 Å². The SMILES string of the molecule is Cc1cccc(CN2CCN(C(=O)CN(C)CC(=O)NCc3ccccc3C)CC2)c1. The van der Waals surface area contributed by atoms with E-state index in [9.17, 15) is 9.59 Å². The van der Waals surface area contributed by atoms with Crippen molar-refractivity contribution in [3.05, 3.63) is 70.8 Å². The van der Waals surface area contributed by atoms with Crippen LogP contribution in [0.5, 0.6) is 0 Å². The molecule has 0 saturated carbocycles. The maximum Gasteiger partial charge on any atom is 0.236 e. The van der Waals surface area contributed by atoms with Crippen LogP contribution in [0.25, 0.3) is 0 Å². The molecule has 1 heterocycles. The Morgan fingerprint density at radius 3 is 2.42 bits per heavy atom. The smallest absolute Gasteiger partial charge is 0.236 e. The van der Waals surface area contributed by atoms with Crippen molar-refractivity contribution >= 4 is 11.8 Å². The number of aryl methyl sites for hydroxylation is 2. The Balaban J connectivity index is 1.37. The van der Waals surface area contributed by atoms with Crippen molar-refractivity contribution in [2.45, 2.75) is 26.9 Å². The van der Waals surface area contributed by atoms with E-state index in [1.807, 2.05) is 43.1 Å².